The van der Waals surface area contributed by atoms with Gasteiger partial charge < -0.3 is 19.1 Å². The number of hydrogen-bond donors (Lipinski definition) is 1. The van der Waals surface area contributed by atoms with E-state index in [1.54, 1.807) is 11.6 Å². The summed E-state index contributed by atoms with van der Waals surface area (Å²) in [6, 6.07) is 1.44. The largest absolute Gasteiger partial charge is 0.478 e. The van der Waals surface area contributed by atoms with E-state index >= 15 is 0 Å². The van der Waals surface area contributed by atoms with Crippen LogP contribution in [-0.2, 0) is 16.5 Å². The minimum Gasteiger partial charge on any atom is -0.478 e. The zero-order valence-electron chi connectivity index (χ0n) is 10.4. The average Bonchev–Trinajstić information content (AvgIpc) is 2.77. The Morgan fingerprint density at radius 1 is 1.53 bits per heavy atom. The van der Waals surface area contributed by atoms with E-state index in [-0.39, 0.29) is 11.7 Å². The summed E-state index contributed by atoms with van der Waals surface area (Å²) < 4.78 is 12.7. The molecular weight excluding hydrogens is 250 g/mol. The highest BCUT2D eigenvalue weighted by Crippen LogP contribution is 2.24. The molecule has 0 aromatic carbocycles. The second kappa shape index (κ2) is 4.60. The highest BCUT2D eigenvalue weighted by Gasteiger charge is 2.24. The van der Waals surface area contributed by atoms with Crippen LogP contribution in [0, 0.1) is 0 Å². The molecule has 1 aliphatic heterocycles. The predicted octanol–water partition coefficient (Wildman–Crippen LogP) is 0.754. The number of fused-ring (bicyclic) bond motifs is 1. The van der Waals surface area contributed by atoms with Crippen molar-refractivity contribution in [3.8, 4) is 0 Å². The molecule has 1 atom stereocenters. The lowest BCUT2D eigenvalue weighted by atomic mass is 10.2. The summed E-state index contributed by atoms with van der Waals surface area (Å²) in [6.07, 6.45) is 1.18. The first-order valence-corrected chi connectivity index (χ1v) is 5.92. The van der Waals surface area contributed by atoms with E-state index in [2.05, 4.69) is 9.97 Å². The molecule has 1 aliphatic rings. The first kappa shape index (κ1) is 12.1. The summed E-state index contributed by atoms with van der Waals surface area (Å²) in [5.74, 6) is -0.381. The Hall–Kier alpha value is -1.99. The molecule has 7 nitrogen and oxygen atoms in total. The fraction of sp³-hybridized carbons (Fsp3) is 0.417. The number of nitrogens with zero attached hydrogens (tertiary/aromatic N) is 3. The van der Waals surface area contributed by atoms with E-state index in [0.29, 0.717) is 36.8 Å². The molecule has 2 aromatic heterocycles. The van der Waals surface area contributed by atoms with Gasteiger partial charge in [-0.05, 0) is 6.07 Å². The maximum absolute atomic E-state index is 11.2. The van der Waals surface area contributed by atoms with Gasteiger partial charge in [0.15, 0.2) is 5.65 Å². The van der Waals surface area contributed by atoms with Gasteiger partial charge in [-0.15, -0.1) is 0 Å². The van der Waals surface area contributed by atoms with Crippen LogP contribution in [0.5, 0.6) is 0 Å². The van der Waals surface area contributed by atoms with Crippen LogP contribution in [0.1, 0.15) is 22.3 Å². The molecule has 1 fully saturated rings. The monoisotopic (exact) mass is 263 g/mol. The number of carboxylic acids is 1. The average molecular weight is 263 g/mol. The van der Waals surface area contributed by atoms with E-state index in [4.69, 9.17) is 14.6 Å². The van der Waals surface area contributed by atoms with Gasteiger partial charge in [-0.2, -0.15) is 0 Å². The van der Waals surface area contributed by atoms with Crippen molar-refractivity contribution in [2.24, 2.45) is 7.05 Å². The molecule has 0 bridgehead atoms. The number of carboxylic acid groups (broad SMARTS) is 1. The van der Waals surface area contributed by atoms with Crippen LogP contribution in [0.3, 0.4) is 0 Å². The van der Waals surface area contributed by atoms with Crippen molar-refractivity contribution < 1.29 is 19.4 Å². The van der Waals surface area contributed by atoms with E-state index in [0.717, 1.165) is 0 Å². The third-order valence-corrected chi connectivity index (χ3v) is 3.13. The van der Waals surface area contributed by atoms with Crippen LogP contribution in [0.25, 0.3) is 11.2 Å². The highest BCUT2D eigenvalue weighted by molar-refractivity contribution is 5.99. The highest BCUT2D eigenvalue weighted by atomic mass is 16.6. The zero-order valence-corrected chi connectivity index (χ0v) is 10.4. The number of hydrogen-bond acceptors (Lipinski definition) is 5. The van der Waals surface area contributed by atoms with Crippen LogP contribution in [0.4, 0.5) is 0 Å². The summed E-state index contributed by atoms with van der Waals surface area (Å²) in [5, 5.41) is 9.16. The second-order valence-corrected chi connectivity index (χ2v) is 4.30. The normalized spacial score (nSPS) is 19.7. The Kier molecular flexibility index (Phi) is 2.92. The third kappa shape index (κ3) is 1.96. The quantitative estimate of drug-likeness (QED) is 0.860. The van der Waals surface area contributed by atoms with Crippen LogP contribution < -0.4 is 0 Å². The molecule has 0 saturated carbocycles. The summed E-state index contributed by atoms with van der Waals surface area (Å²) in [7, 11) is 1.79. The SMILES string of the molecule is Cn1c(C2COCCO2)nc2c(C(=O)O)ccnc21. The summed E-state index contributed by atoms with van der Waals surface area (Å²) in [4.78, 5) is 19.7. The van der Waals surface area contributed by atoms with Crippen molar-refractivity contribution >= 4 is 17.1 Å². The first-order valence-electron chi connectivity index (χ1n) is 5.92. The molecule has 0 radical (unpaired) electrons. The molecule has 2 aromatic rings. The van der Waals surface area contributed by atoms with Gasteiger partial charge in [-0.3, -0.25) is 0 Å². The Morgan fingerprint density at radius 2 is 2.37 bits per heavy atom. The second-order valence-electron chi connectivity index (χ2n) is 4.30. The predicted molar refractivity (Wildman–Crippen MR) is 65.0 cm³/mol. The molecule has 3 heterocycles. The number of aromatic carboxylic acids is 1. The van der Waals surface area contributed by atoms with Crippen molar-refractivity contribution in [3.05, 3.63) is 23.7 Å². The molecule has 7 heteroatoms. The van der Waals surface area contributed by atoms with Gasteiger partial charge in [0, 0.05) is 13.2 Å². The molecule has 100 valence electrons. The summed E-state index contributed by atoms with van der Waals surface area (Å²) >= 11 is 0. The van der Waals surface area contributed by atoms with Crippen LogP contribution in [0.2, 0.25) is 0 Å². The van der Waals surface area contributed by atoms with Gasteiger partial charge in [-0.1, -0.05) is 0 Å². The Morgan fingerprint density at radius 3 is 3.05 bits per heavy atom. The van der Waals surface area contributed by atoms with Crippen molar-refractivity contribution in [2.75, 3.05) is 19.8 Å². The van der Waals surface area contributed by atoms with Gasteiger partial charge in [0.1, 0.15) is 17.4 Å². The minimum atomic E-state index is -1.02. The molecule has 19 heavy (non-hydrogen) atoms. The molecule has 0 aliphatic carbocycles. The summed E-state index contributed by atoms with van der Waals surface area (Å²) in [6.45, 7) is 1.49. The summed E-state index contributed by atoms with van der Waals surface area (Å²) in [5.41, 5.74) is 1.05. The van der Waals surface area contributed by atoms with Crippen molar-refractivity contribution in [1.29, 1.82) is 0 Å². The zero-order chi connectivity index (χ0) is 13.4. The Bertz CT molecular complexity index is 631. The van der Waals surface area contributed by atoms with Gasteiger partial charge in [-0.25, -0.2) is 14.8 Å². The van der Waals surface area contributed by atoms with Crippen molar-refractivity contribution in [2.45, 2.75) is 6.10 Å². The van der Waals surface area contributed by atoms with Crippen molar-refractivity contribution in [3.63, 3.8) is 0 Å². The lowest BCUT2D eigenvalue weighted by Gasteiger charge is -2.22. The number of ether oxygens (including phenoxy) is 2. The van der Waals surface area contributed by atoms with Crippen molar-refractivity contribution in [1.82, 2.24) is 14.5 Å². The Balaban J connectivity index is 2.13. The number of pyridine rings is 1. The number of rotatable bonds is 2. The fourth-order valence-electron chi connectivity index (χ4n) is 2.19. The molecular formula is C12H13N3O4. The maximum atomic E-state index is 11.2. The molecule has 1 saturated heterocycles. The number of carbonyl (C=O) groups is 1. The maximum Gasteiger partial charge on any atom is 0.338 e. The van der Waals surface area contributed by atoms with Crippen LogP contribution in [-0.4, -0.2) is 45.4 Å². The lowest BCUT2D eigenvalue weighted by molar-refractivity contribution is -0.0942. The van der Waals surface area contributed by atoms with Gasteiger partial charge in [0.25, 0.3) is 0 Å². The van der Waals surface area contributed by atoms with Gasteiger partial charge in [0.05, 0.1) is 25.4 Å². The van der Waals surface area contributed by atoms with Gasteiger partial charge in [0.2, 0.25) is 0 Å². The van der Waals surface area contributed by atoms with E-state index in [1.807, 2.05) is 0 Å². The number of aromatic nitrogens is 3. The fourth-order valence-corrected chi connectivity index (χ4v) is 2.19. The number of imidazole rings is 1. The smallest absolute Gasteiger partial charge is 0.338 e. The van der Waals surface area contributed by atoms with E-state index in [9.17, 15) is 4.79 Å². The standard InChI is InChI=1S/C12H13N3O4/c1-15-10(8-6-18-4-5-19-8)14-9-7(12(16)17)2-3-13-11(9)15/h2-3,8H,4-6H2,1H3,(H,16,17). The molecule has 1 N–H and O–H groups in total. The molecule has 0 amide bonds. The molecule has 1 unspecified atom stereocenters. The van der Waals surface area contributed by atoms with Crippen LogP contribution >= 0.6 is 0 Å². The first-order chi connectivity index (χ1) is 9.18. The molecule has 3 rings (SSSR count). The minimum absolute atomic E-state index is 0.142. The van der Waals surface area contributed by atoms with E-state index < -0.39 is 5.97 Å². The van der Waals surface area contributed by atoms with E-state index in [1.165, 1.54) is 12.3 Å². The lowest BCUT2D eigenvalue weighted by Crippen LogP contribution is -2.24. The van der Waals surface area contributed by atoms with Gasteiger partial charge >= 0.3 is 5.97 Å². The third-order valence-electron chi connectivity index (χ3n) is 3.13. The Labute approximate surface area is 108 Å². The number of aryl methyl sites for hydroxylation is 1. The topological polar surface area (TPSA) is 86.5 Å². The van der Waals surface area contributed by atoms with Crippen LogP contribution in [0.15, 0.2) is 12.3 Å². The molecule has 0 spiro atoms.